The van der Waals surface area contributed by atoms with Crippen LogP contribution in [-0.4, -0.2) is 22.4 Å². The molecule has 1 aromatic heterocycles. The molecule has 0 spiro atoms. The first kappa shape index (κ1) is 18.2. The second kappa shape index (κ2) is 11.4. The lowest BCUT2D eigenvalue weighted by molar-refractivity contribution is 0.112. The van der Waals surface area contributed by atoms with Crippen molar-refractivity contribution in [3.05, 3.63) is 48.5 Å². The number of rotatable bonds is 13. The van der Waals surface area contributed by atoms with E-state index in [0.717, 1.165) is 31.6 Å². The fraction of sp³-hybridized carbons (Fsp3) is 0.500. The van der Waals surface area contributed by atoms with E-state index in [9.17, 15) is 4.79 Å². The molecule has 130 valence electrons. The van der Waals surface area contributed by atoms with Crippen molar-refractivity contribution >= 4 is 6.29 Å². The molecular weight excluding hydrogens is 300 g/mol. The van der Waals surface area contributed by atoms with Crippen LogP contribution in [0.1, 0.15) is 61.7 Å². The number of hydrogen-bond acceptors (Lipinski definition) is 3. The summed E-state index contributed by atoms with van der Waals surface area (Å²) in [6.45, 7) is 1.84. The first-order chi connectivity index (χ1) is 11.9. The largest absolute Gasteiger partial charge is 0.494 e. The Kier molecular flexibility index (Phi) is 8.69. The van der Waals surface area contributed by atoms with Gasteiger partial charge in [-0.3, -0.25) is 4.79 Å². The molecule has 0 N–H and O–H groups in total. The topological polar surface area (TPSA) is 44.1 Å². The maximum Gasteiger partial charge on any atom is 0.150 e. The van der Waals surface area contributed by atoms with E-state index in [1.54, 1.807) is 12.1 Å². The molecule has 0 aliphatic rings. The fourth-order valence-electron chi connectivity index (χ4n) is 2.71. The van der Waals surface area contributed by atoms with Crippen LogP contribution in [0.4, 0.5) is 0 Å². The third-order valence-corrected chi connectivity index (χ3v) is 4.15. The predicted molar refractivity (Wildman–Crippen MR) is 96.5 cm³/mol. The second-order valence-corrected chi connectivity index (χ2v) is 6.16. The maximum atomic E-state index is 10.6. The van der Waals surface area contributed by atoms with Gasteiger partial charge in [-0.05, 0) is 37.1 Å². The van der Waals surface area contributed by atoms with Crippen molar-refractivity contribution in [1.82, 2.24) is 9.55 Å². The van der Waals surface area contributed by atoms with Gasteiger partial charge in [-0.15, -0.1) is 0 Å². The van der Waals surface area contributed by atoms with Crippen LogP contribution in [0.2, 0.25) is 0 Å². The number of ether oxygens (including phenoxy) is 1. The molecule has 4 heteroatoms. The van der Waals surface area contributed by atoms with Crippen LogP contribution in [0.5, 0.6) is 5.75 Å². The number of aryl methyl sites for hydroxylation is 1. The molecule has 1 heterocycles. The Balaban J connectivity index is 1.36. The number of carbonyl (C=O) groups is 1. The zero-order valence-electron chi connectivity index (χ0n) is 14.4. The van der Waals surface area contributed by atoms with Gasteiger partial charge in [0.05, 0.1) is 12.9 Å². The molecule has 0 fully saturated rings. The number of carbonyl (C=O) groups excluding carboxylic acids is 1. The molecule has 0 unspecified atom stereocenters. The van der Waals surface area contributed by atoms with E-state index in [-0.39, 0.29) is 0 Å². The highest BCUT2D eigenvalue weighted by atomic mass is 16.5. The summed E-state index contributed by atoms with van der Waals surface area (Å²) in [6, 6.07) is 7.28. The number of aldehydes is 1. The van der Waals surface area contributed by atoms with Gasteiger partial charge in [-0.25, -0.2) is 4.98 Å². The third kappa shape index (κ3) is 7.44. The van der Waals surface area contributed by atoms with Crippen molar-refractivity contribution in [2.24, 2.45) is 0 Å². The molecule has 0 aliphatic heterocycles. The lowest BCUT2D eigenvalue weighted by atomic mass is 10.1. The summed E-state index contributed by atoms with van der Waals surface area (Å²) in [4.78, 5) is 14.6. The Hall–Kier alpha value is -2.10. The summed E-state index contributed by atoms with van der Waals surface area (Å²) in [5.41, 5.74) is 0.687. The molecule has 0 aliphatic carbocycles. The Bertz CT molecular complexity index is 550. The standard InChI is InChI=1S/C20H28N2O2/c23-17-19-9-11-20(12-10-19)24-16-8-6-4-2-1-3-5-7-14-22-15-13-21-18-22/h9-13,15,17-18H,1-8,14,16H2. The average molecular weight is 328 g/mol. The lowest BCUT2D eigenvalue weighted by Gasteiger charge is -2.06. The third-order valence-electron chi connectivity index (χ3n) is 4.15. The number of unbranched alkanes of at least 4 members (excludes halogenated alkanes) is 7. The summed E-state index contributed by atoms with van der Waals surface area (Å²) < 4.78 is 7.82. The average Bonchev–Trinajstić information content (AvgIpc) is 3.13. The number of benzene rings is 1. The van der Waals surface area contributed by atoms with Crippen molar-refractivity contribution in [3.63, 3.8) is 0 Å². The molecule has 0 bridgehead atoms. The zero-order chi connectivity index (χ0) is 16.9. The van der Waals surface area contributed by atoms with Gasteiger partial charge >= 0.3 is 0 Å². The van der Waals surface area contributed by atoms with E-state index >= 15 is 0 Å². The minimum absolute atomic E-state index is 0.687. The van der Waals surface area contributed by atoms with Crippen LogP contribution >= 0.6 is 0 Å². The normalized spacial score (nSPS) is 10.7. The number of imidazole rings is 1. The SMILES string of the molecule is O=Cc1ccc(OCCCCCCCCCCn2ccnc2)cc1. The molecule has 0 saturated heterocycles. The van der Waals surface area contributed by atoms with Crippen molar-refractivity contribution in [3.8, 4) is 5.75 Å². The Morgan fingerprint density at radius 1 is 0.917 bits per heavy atom. The molecule has 1 aromatic carbocycles. The van der Waals surface area contributed by atoms with E-state index < -0.39 is 0 Å². The summed E-state index contributed by atoms with van der Waals surface area (Å²) in [5, 5.41) is 0. The van der Waals surface area contributed by atoms with Gasteiger partial charge in [-0.2, -0.15) is 0 Å². The van der Waals surface area contributed by atoms with E-state index in [0.29, 0.717) is 5.56 Å². The Morgan fingerprint density at radius 2 is 1.58 bits per heavy atom. The van der Waals surface area contributed by atoms with E-state index in [2.05, 4.69) is 9.55 Å². The summed E-state index contributed by atoms with van der Waals surface area (Å²) >= 11 is 0. The number of hydrogen-bond donors (Lipinski definition) is 0. The molecule has 2 rings (SSSR count). The van der Waals surface area contributed by atoms with Crippen molar-refractivity contribution in [2.75, 3.05) is 6.61 Å². The minimum Gasteiger partial charge on any atom is -0.494 e. The van der Waals surface area contributed by atoms with Crippen LogP contribution in [-0.2, 0) is 6.54 Å². The van der Waals surface area contributed by atoms with E-state index in [1.165, 1.54) is 44.9 Å². The van der Waals surface area contributed by atoms with Crippen molar-refractivity contribution < 1.29 is 9.53 Å². The van der Waals surface area contributed by atoms with Crippen molar-refractivity contribution in [1.29, 1.82) is 0 Å². The summed E-state index contributed by atoms with van der Waals surface area (Å²) in [5.74, 6) is 0.846. The Labute approximate surface area is 144 Å². The molecule has 0 radical (unpaired) electrons. The quantitative estimate of drug-likeness (QED) is 0.388. The maximum absolute atomic E-state index is 10.6. The molecular formula is C20H28N2O2. The van der Waals surface area contributed by atoms with Crippen LogP contribution in [0.15, 0.2) is 43.0 Å². The fourth-order valence-corrected chi connectivity index (χ4v) is 2.71. The molecule has 2 aromatic rings. The molecule has 0 atom stereocenters. The summed E-state index contributed by atoms with van der Waals surface area (Å²) in [6.07, 6.45) is 16.7. The van der Waals surface area contributed by atoms with Gasteiger partial charge in [0, 0.05) is 24.5 Å². The smallest absolute Gasteiger partial charge is 0.150 e. The van der Waals surface area contributed by atoms with Gasteiger partial charge in [0.1, 0.15) is 12.0 Å². The highest BCUT2D eigenvalue weighted by Crippen LogP contribution is 2.13. The number of aromatic nitrogens is 2. The minimum atomic E-state index is 0.687. The molecule has 4 nitrogen and oxygen atoms in total. The second-order valence-electron chi connectivity index (χ2n) is 6.16. The van der Waals surface area contributed by atoms with E-state index in [4.69, 9.17) is 4.74 Å². The first-order valence-electron chi connectivity index (χ1n) is 9.02. The highest BCUT2D eigenvalue weighted by Gasteiger charge is 1.96. The molecule has 0 amide bonds. The monoisotopic (exact) mass is 328 g/mol. The van der Waals surface area contributed by atoms with Gasteiger partial charge in [0.25, 0.3) is 0 Å². The molecule has 24 heavy (non-hydrogen) atoms. The van der Waals surface area contributed by atoms with Gasteiger partial charge in [0.15, 0.2) is 0 Å². The van der Waals surface area contributed by atoms with Crippen LogP contribution < -0.4 is 4.74 Å². The van der Waals surface area contributed by atoms with Crippen LogP contribution in [0, 0.1) is 0 Å². The van der Waals surface area contributed by atoms with Crippen LogP contribution in [0.3, 0.4) is 0 Å². The first-order valence-corrected chi connectivity index (χ1v) is 9.02. The highest BCUT2D eigenvalue weighted by molar-refractivity contribution is 5.74. The van der Waals surface area contributed by atoms with Gasteiger partial charge in [-0.1, -0.05) is 38.5 Å². The number of nitrogens with zero attached hydrogens (tertiary/aromatic N) is 2. The molecule has 0 saturated carbocycles. The van der Waals surface area contributed by atoms with Crippen molar-refractivity contribution in [2.45, 2.75) is 57.9 Å². The van der Waals surface area contributed by atoms with Gasteiger partial charge < -0.3 is 9.30 Å². The van der Waals surface area contributed by atoms with Crippen LogP contribution in [0.25, 0.3) is 0 Å². The lowest BCUT2D eigenvalue weighted by Crippen LogP contribution is -1.97. The zero-order valence-corrected chi connectivity index (χ0v) is 14.4. The predicted octanol–water partition coefficient (Wildman–Crippen LogP) is 4.90. The van der Waals surface area contributed by atoms with Gasteiger partial charge in [0.2, 0.25) is 0 Å². The summed E-state index contributed by atoms with van der Waals surface area (Å²) in [7, 11) is 0. The Morgan fingerprint density at radius 3 is 2.21 bits per heavy atom. The van der Waals surface area contributed by atoms with E-state index in [1.807, 2.05) is 30.9 Å².